The number of anilines is 2. The Kier molecular flexibility index (Phi) is 3.05. The number of nitrogens with zero attached hydrogens (tertiary/aromatic N) is 2. The van der Waals surface area contributed by atoms with E-state index in [-0.39, 0.29) is 0 Å². The average Bonchev–Trinajstić information content (AvgIpc) is 2.82. The van der Waals surface area contributed by atoms with Gasteiger partial charge in [0.1, 0.15) is 0 Å². The van der Waals surface area contributed by atoms with Crippen LogP contribution < -0.4 is 11.1 Å². The van der Waals surface area contributed by atoms with Crippen molar-refractivity contribution in [2.24, 2.45) is 0 Å². The van der Waals surface area contributed by atoms with E-state index < -0.39 is 0 Å². The number of thiophene rings is 1. The van der Waals surface area contributed by atoms with E-state index in [0.717, 1.165) is 17.6 Å². The number of aromatic nitrogens is 2. The fraction of sp³-hybridized carbons (Fsp3) is 0.143. The predicted octanol–water partition coefficient (Wildman–Crippen LogP) is 3.19. The van der Waals surface area contributed by atoms with Crippen LogP contribution in [0.4, 0.5) is 11.6 Å². The number of nitrogen functional groups attached to an aromatic ring is 1. The Hall–Kier alpha value is -2.14. The van der Waals surface area contributed by atoms with Crippen molar-refractivity contribution in [1.82, 2.24) is 9.97 Å². The largest absolute Gasteiger partial charge is 0.381 e. The summed E-state index contributed by atoms with van der Waals surface area (Å²) in [6.45, 7) is 2.82. The molecule has 0 atom stereocenters. The molecule has 0 amide bonds. The molecule has 0 spiro atoms. The molecule has 2 heterocycles. The first-order chi connectivity index (χ1) is 9.24. The van der Waals surface area contributed by atoms with Crippen molar-refractivity contribution >= 4 is 34.0 Å². The van der Waals surface area contributed by atoms with Gasteiger partial charge in [-0.2, -0.15) is 0 Å². The monoisotopic (exact) mass is 270 g/mol. The summed E-state index contributed by atoms with van der Waals surface area (Å²) in [7, 11) is 0. The number of rotatable bonds is 3. The highest BCUT2D eigenvalue weighted by molar-refractivity contribution is 7.10. The summed E-state index contributed by atoms with van der Waals surface area (Å²) in [6.07, 6.45) is 0. The highest BCUT2D eigenvalue weighted by Gasteiger charge is 2.06. The van der Waals surface area contributed by atoms with Crippen molar-refractivity contribution in [1.29, 1.82) is 0 Å². The van der Waals surface area contributed by atoms with Gasteiger partial charge in [-0.25, -0.2) is 9.97 Å². The maximum absolute atomic E-state index is 5.93. The minimum atomic E-state index is 0.438. The number of aryl methyl sites for hydroxylation is 1. The number of fused-ring (bicyclic) bond motifs is 1. The van der Waals surface area contributed by atoms with Gasteiger partial charge < -0.3 is 11.1 Å². The van der Waals surface area contributed by atoms with Crippen molar-refractivity contribution in [2.45, 2.75) is 13.5 Å². The van der Waals surface area contributed by atoms with Crippen LogP contribution in [0.3, 0.4) is 0 Å². The van der Waals surface area contributed by atoms with Gasteiger partial charge in [-0.15, -0.1) is 11.3 Å². The lowest BCUT2D eigenvalue weighted by molar-refractivity contribution is 1.13. The third kappa shape index (κ3) is 2.37. The number of para-hydroxylation sites is 2. The van der Waals surface area contributed by atoms with Gasteiger partial charge in [0.15, 0.2) is 11.6 Å². The van der Waals surface area contributed by atoms with Crippen LogP contribution in [-0.4, -0.2) is 9.97 Å². The Bertz CT molecular complexity index is 720. The van der Waals surface area contributed by atoms with Crippen molar-refractivity contribution in [3.63, 3.8) is 0 Å². The second-order valence-corrected chi connectivity index (χ2v) is 5.33. The zero-order valence-corrected chi connectivity index (χ0v) is 11.4. The minimum Gasteiger partial charge on any atom is -0.381 e. The van der Waals surface area contributed by atoms with Crippen LogP contribution >= 0.6 is 11.3 Å². The molecular weight excluding hydrogens is 256 g/mol. The lowest BCUT2D eigenvalue weighted by atomic mass is 10.3. The van der Waals surface area contributed by atoms with Crippen LogP contribution in [-0.2, 0) is 6.54 Å². The molecule has 19 heavy (non-hydrogen) atoms. The van der Waals surface area contributed by atoms with Gasteiger partial charge in [-0.3, -0.25) is 0 Å². The summed E-state index contributed by atoms with van der Waals surface area (Å²) in [6, 6.07) is 9.82. The summed E-state index contributed by atoms with van der Waals surface area (Å²) in [5.41, 5.74) is 8.88. The molecule has 5 heteroatoms. The van der Waals surface area contributed by atoms with E-state index in [1.54, 1.807) is 11.3 Å². The Labute approximate surface area is 115 Å². The zero-order valence-electron chi connectivity index (χ0n) is 10.6. The standard InChI is InChI=1S/C14H14N4S/c1-9-6-7-19-12(9)8-16-14-13(15)17-10-4-2-3-5-11(10)18-14/h2-7H,8H2,1H3,(H2,15,17)(H,16,18). The number of benzene rings is 1. The predicted molar refractivity (Wildman–Crippen MR) is 80.3 cm³/mol. The molecular formula is C14H14N4S. The van der Waals surface area contributed by atoms with E-state index >= 15 is 0 Å². The van der Waals surface area contributed by atoms with E-state index in [1.807, 2.05) is 24.3 Å². The van der Waals surface area contributed by atoms with Gasteiger partial charge in [0.25, 0.3) is 0 Å². The first-order valence-corrected chi connectivity index (χ1v) is 6.91. The lowest BCUT2D eigenvalue weighted by Gasteiger charge is -2.08. The van der Waals surface area contributed by atoms with E-state index in [9.17, 15) is 0 Å². The number of nitrogens with two attached hydrogens (primary N) is 1. The highest BCUT2D eigenvalue weighted by Crippen LogP contribution is 2.21. The number of hydrogen-bond donors (Lipinski definition) is 2. The normalized spacial score (nSPS) is 10.8. The van der Waals surface area contributed by atoms with Gasteiger partial charge in [-0.05, 0) is 36.1 Å². The Morgan fingerprint density at radius 3 is 2.58 bits per heavy atom. The van der Waals surface area contributed by atoms with Crippen LogP contribution in [0.25, 0.3) is 11.0 Å². The molecule has 0 unspecified atom stereocenters. The molecule has 4 nitrogen and oxygen atoms in total. The molecule has 3 aromatic rings. The van der Waals surface area contributed by atoms with Crippen molar-refractivity contribution in [3.8, 4) is 0 Å². The summed E-state index contributed by atoms with van der Waals surface area (Å²) in [5.74, 6) is 1.08. The maximum atomic E-state index is 5.93. The minimum absolute atomic E-state index is 0.438. The first-order valence-electron chi connectivity index (χ1n) is 6.03. The van der Waals surface area contributed by atoms with Crippen molar-refractivity contribution in [2.75, 3.05) is 11.1 Å². The van der Waals surface area contributed by atoms with Gasteiger partial charge in [0.05, 0.1) is 17.6 Å². The van der Waals surface area contributed by atoms with E-state index in [0.29, 0.717) is 11.6 Å². The van der Waals surface area contributed by atoms with Crippen LogP contribution in [0.5, 0.6) is 0 Å². The van der Waals surface area contributed by atoms with Crippen molar-refractivity contribution in [3.05, 3.63) is 46.2 Å². The van der Waals surface area contributed by atoms with Gasteiger partial charge in [0.2, 0.25) is 0 Å². The van der Waals surface area contributed by atoms with Crippen LogP contribution in [0, 0.1) is 6.92 Å². The van der Waals surface area contributed by atoms with Gasteiger partial charge >= 0.3 is 0 Å². The van der Waals surface area contributed by atoms with Crippen LogP contribution in [0.2, 0.25) is 0 Å². The summed E-state index contributed by atoms with van der Waals surface area (Å²) in [5, 5.41) is 5.35. The van der Waals surface area contributed by atoms with Gasteiger partial charge in [-0.1, -0.05) is 12.1 Å². The molecule has 3 N–H and O–H groups in total. The third-order valence-corrected chi connectivity index (χ3v) is 4.01. The fourth-order valence-corrected chi connectivity index (χ4v) is 2.74. The van der Waals surface area contributed by atoms with Crippen LogP contribution in [0.1, 0.15) is 10.4 Å². The molecule has 2 aromatic heterocycles. The molecule has 1 aromatic carbocycles. The average molecular weight is 270 g/mol. The SMILES string of the molecule is Cc1ccsc1CNc1nc2ccccc2nc1N. The Balaban J connectivity index is 1.88. The fourth-order valence-electron chi connectivity index (χ4n) is 1.89. The number of nitrogens with one attached hydrogen (secondary N) is 1. The molecule has 0 aliphatic heterocycles. The summed E-state index contributed by atoms with van der Waals surface area (Å²) >= 11 is 1.73. The first kappa shape index (κ1) is 11.9. The molecule has 96 valence electrons. The molecule has 0 aliphatic carbocycles. The van der Waals surface area contributed by atoms with E-state index in [2.05, 4.69) is 33.7 Å². The maximum Gasteiger partial charge on any atom is 0.169 e. The molecule has 3 rings (SSSR count). The highest BCUT2D eigenvalue weighted by atomic mass is 32.1. The summed E-state index contributed by atoms with van der Waals surface area (Å²) < 4.78 is 0. The smallest absolute Gasteiger partial charge is 0.169 e. The van der Waals surface area contributed by atoms with Crippen molar-refractivity contribution < 1.29 is 0 Å². The second-order valence-electron chi connectivity index (χ2n) is 4.33. The zero-order chi connectivity index (χ0) is 13.2. The molecule has 0 aliphatic rings. The quantitative estimate of drug-likeness (QED) is 0.767. The van der Waals surface area contributed by atoms with Crippen LogP contribution in [0.15, 0.2) is 35.7 Å². The molecule has 0 fully saturated rings. The molecule has 0 bridgehead atoms. The second kappa shape index (κ2) is 4.85. The molecule has 0 radical (unpaired) electrons. The lowest BCUT2D eigenvalue weighted by Crippen LogP contribution is -2.06. The van der Waals surface area contributed by atoms with Gasteiger partial charge in [0, 0.05) is 4.88 Å². The Morgan fingerprint density at radius 1 is 1.16 bits per heavy atom. The molecule has 0 saturated heterocycles. The van der Waals surface area contributed by atoms with E-state index in [4.69, 9.17) is 5.73 Å². The topological polar surface area (TPSA) is 63.8 Å². The number of hydrogen-bond acceptors (Lipinski definition) is 5. The third-order valence-electron chi connectivity index (χ3n) is 2.98. The molecule has 0 saturated carbocycles. The summed E-state index contributed by atoms with van der Waals surface area (Å²) in [4.78, 5) is 10.2. The van der Waals surface area contributed by atoms with E-state index in [1.165, 1.54) is 10.4 Å². The Morgan fingerprint density at radius 2 is 1.89 bits per heavy atom.